The van der Waals surface area contributed by atoms with Crippen LogP contribution in [0.4, 0.5) is 0 Å². The van der Waals surface area contributed by atoms with E-state index in [0.717, 1.165) is 32.1 Å². The summed E-state index contributed by atoms with van der Waals surface area (Å²) >= 11 is 0. The maximum absolute atomic E-state index is 4.51. The third-order valence-corrected chi connectivity index (χ3v) is 4.72. The van der Waals surface area contributed by atoms with E-state index in [9.17, 15) is 0 Å². The van der Waals surface area contributed by atoms with Crippen molar-refractivity contribution in [1.82, 2.24) is 10.2 Å². The summed E-state index contributed by atoms with van der Waals surface area (Å²) in [5.74, 6) is 0.856. The summed E-state index contributed by atoms with van der Waals surface area (Å²) < 4.78 is 0. The summed E-state index contributed by atoms with van der Waals surface area (Å²) in [5, 5.41) is 4.51. The lowest BCUT2D eigenvalue weighted by Gasteiger charge is -2.41. The Hall–Kier alpha value is -0.860. The number of rotatable bonds is 3. The molecule has 1 unspecified atom stereocenters. The lowest BCUT2D eigenvalue weighted by Crippen LogP contribution is -2.44. The molecule has 1 heterocycles. The van der Waals surface area contributed by atoms with E-state index in [1.54, 1.807) is 0 Å². The van der Waals surface area contributed by atoms with Gasteiger partial charge in [0, 0.05) is 32.2 Å². The van der Waals surface area contributed by atoms with Crippen LogP contribution in [0.2, 0.25) is 0 Å². The predicted octanol–water partition coefficient (Wildman–Crippen LogP) is 3.23. The number of hydrogen-bond acceptors (Lipinski definition) is 1. The number of hydrogen-bond donors (Lipinski definition) is 0. The fourth-order valence-electron chi connectivity index (χ4n) is 3.78. The van der Waals surface area contributed by atoms with Crippen molar-refractivity contribution in [1.29, 1.82) is 0 Å². The van der Waals surface area contributed by atoms with Crippen LogP contribution < -0.4 is 5.32 Å². The van der Waals surface area contributed by atoms with Crippen molar-refractivity contribution in [3.63, 3.8) is 0 Å². The summed E-state index contributed by atoms with van der Waals surface area (Å²) in [6, 6.07) is 11.8. The first-order chi connectivity index (χ1) is 9.45. The first-order valence-electron chi connectivity index (χ1n) is 7.87. The third kappa shape index (κ3) is 3.18. The minimum absolute atomic E-state index is 0.636. The molecule has 3 rings (SSSR count). The average molecular weight is 257 g/mol. The Bertz CT molecular complexity index is 346. The Morgan fingerprint density at radius 1 is 0.947 bits per heavy atom. The Kier molecular flexibility index (Phi) is 4.52. The molecule has 1 radical (unpaired) electrons. The average Bonchev–Trinajstić information content (AvgIpc) is 2.51. The molecule has 0 bridgehead atoms. The quantitative estimate of drug-likeness (QED) is 0.812. The van der Waals surface area contributed by atoms with Crippen molar-refractivity contribution < 1.29 is 0 Å². The highest BCUT2D eigenvalue weighted by Gasteiger charge is 2.30. The molecule has 103 valence electrons. The van der Waals surface area contributed by atoms with Crippen LogP contribution in [0.5, 0.6) is 0 Å². The molecule has 19 heavy (non-hydrogen) atoms. The van der Waals surface area contributed by atoms with Crippen molar-refractivity contribution in [2.24, 2.45) is 5.92 Å². The van der Waals surface area contributed by atoms with Gasteiger partial charge in [-0.15, -0.1) is 0 Å². The van der Waals surface area contributed by atoms with Crippen LogP contribution in [0.15, 0.2) is 30.3 Å². The minimum Gasteiger partial charge on any atom is -0.293 e. The second kappa shape index (κ2) is 6.53. The Balaban J connectivity index is 1.81. The summed E-state index contributed by atoms with van der Waals surface area (Å²) in [5.41, 5.74) is 1.52. The van der Waals surface area contributed by atoms with E-state index in [-0.39, 0.29) is 0 Å². The number of benzene rings is 1. The van der Waals surface area contributed by atoms with Gasteiger partial charge in [0.2, 0.25) is 0 Å². The lowest BCUT2D eigenvalue weighted by molar-refractivity contribution is 0.102. The van der Waals surface area contributed by atoms with Crippen LogP contribution in [0, 0.1) is 5.92 Å². The van der Waals surface area contributed by atoms with Gasteiger partial charge in [-0.2, -0.15) is 0 Å². The highest BCUT2D eigenvalue weighted by Crippen LogP contribution is 2.38. The van der Waals surface area contributed by atoms with Crippen molar-refractivity contribution in [3.8, 4) is 0 Å². The number of nitrogens with zero attached hydrogens (tertiary/aromatic N) is 2. The molecule has 1 saturated heterocycles. The fourth-order valence-corrected chi connectivity index (χ4v) is 3.78. The smallest absolute Gasteiger partial charge is 0.0377 e. The third-order valence-electron chi connectivity index (χ3n) is 4.72. The van der Waals surface area contributed by atoms with Crippen LogP contribution in [-0.2, 0) is 0 Å². The van der Waals surface area contributed by atoms with Crippen LogP contribution in [0.25, 0.3) is 0 Å². The maximum Gasteiger partial charge on any atom is 0.0377 e. The van der Waals surface area contributed by atoms with Crippen molar-refractivity contribution in [2.75, 3.05) is 26.2 Å². The molecule has 0 N–H and O–H groups in total. The molecule has 0 aromatic heterocycles. The van der Waals surface area contributed by atoms with E-state index in [4.69, 9.17) is 0 Å². The van der Waals surface area contributed by atoms with Gasteiger partial charge in [-0.3, -0.25) is 4.90 Å². The Morgan fingerprint density at radius 3 is 2.32 bits per heavy atom. The first-order valence-corrected chi connectivity index (χ1v) is 7.87. The van der Waals surface area contributed by atoms with E-state index in [1.165, 1.54) is 37.7 Å². The van der Waals surface area contributed by atoms with Gasteiger partial charge < -0.3 is 0 Å². The van der Waals surface area contributed by atoms with E-state index >= 15 is 0 Å². The zero-order valence-electron chi connectivity index (χ0n) is 11.8. The zero-order valence-corrected chi connectivity index (χ0v) is 11.8. The van der Waals surface area contributed by atoms with Gasteiger partial charge >= 0.3 is 0 Å². The molecule has 1 aliphatic heterocycles. The molecule has 1 saturated carbocycles. The first kappa shape index (κ1) is 13.1. The van der Waals surface area contributed by atoms with Gasteiger partial charge in [0.25, 0.3) is 0 Å². The SMILES string of the molecule is c1ccc(C(C2CCCCC2)N2CC[N]CC2)cc1. The fraction of sp³-hybridized carbons (Fsp3) is 0.647. The molecular formula is C17H25N2. The van der Waals surface area contributed by atoms with Crippen molar-refractivity contribution >= 4 is 0 Å². The van der Waals surface area contributed by atoms with Gasteiger partial charge in [-0.25, -0.2) is 5.32 Å². The molecule has 1 aromatic rings. The second-order valence-electron chi connectivity index (χ2n) is 5.96. The second-order valence-corrected chi connectivity index (χ2v) is 5.96. The summed E-state index contributed by atoms with van der Waals surface area (Å²) in [6.07, 6.45) is 7.10. The minimum atomic E-state index is 0.636. The van der Waals surface area contributed by atoms with Crippen LogP contribution in [0.3, 0.4) is 0 Å². The van der Waals surface area contributed by atoms with Crippen LogP contribution >= 0.6 is 0 Å². The molecule has 1 aromatic carbocycles. The molecule has 2 heteroatoms. The van der Waals surface area contributed by atoms with E-state index < -0.39 is 0 Å². The van der Waals surface area contributed by atoms with Gasteiger partial charge in [-0.05, 0) is 24.3 Å². The lowest BCUT2D eigenvalue weighted by atomic mass is 9.80. The highest BCUT2D eigenvalue weighted by molar-refractivity contribution is 5.20. The molecule has 2 fully saturated rings. The number of piperazine rings is 1. The monoisotopic (exact) mass is 257 g/mol. The molecule has 1 aliphatic carbocycles. The predicted molar refractivity (Wildman–Crippen MR) is 79.2 cm³/mol. The maximum atomic E-state index is 4.51. The molecule has 2 nitrogen and oxygen atoms in total. The largest absolute Gasteiger partial charge is 0.293 e. The van der Waals surface area contributed by atoms with Gasteiger partial charge in [0.15, 0.2) is 0 Å². The highest BCUT2D eigenvalue weighted by atomic mass is 15.2. The van der Waals surface area contributed by atoms with E-state index in [2.05, 4.69) is 40.5 Å². The van der Waals surface area contributed by atoms with Gasteiger partial charge in [-0.1, -0.05) is 49.6 Å². The van der Waals surface area contributed by atoms with Crippen LogP contribution in [-0.4, -0.2) is 31.1 Å². The molecule has 1 atom stereocenters. The molecule has 0 spiro atoms. The zero-order chi connectivity index (χ0) is 12.9. The van der Waals surface area contributed by atoms with Gasteiger partial charge in [0.05, 0.1) is 0 Å². The topological polar surface area (TPSA) is 17.3 Å². The van der Waals surface area contributed by atoms with Gasteiger partial charge in [0.1, 0.15) is 0 Å². The van der Waals surface area contributed by atoms with E-state index in [0.29, 0.717) is 6.04 Å². The Labute approximate surface area is 117 Å². The van der Waals surface area contributed by atoms with E-state index in [1.807, 2.05) is 0 Å². The summed E-state index contributed by atoms with van der Waals surface area (Å²) in [7, 11) is 0. The Morgan fingerprint density at radius 2 is 1.63 bits per heavy atom. The standard InChI is InChI=1S/C17H25N2/c1-3-7-15(8-4-1)17(16-9-5-2-6-10-16)19-13-11-18-12-14-19/h1,3-4,7-8,16-17H,2,5-6,9-14H2. The molecular weight excluding hydrogens is 232 g/mol. The molecule has 2 aliphatic rings. The summed E-state index contributed by atoms with van der Waals surface area (Å²) in [6.45, 7) is 4.35. The van der Waals surface area contributed by atoms with Crippen molar-refractivity contribution in [2.45, 2.75) is 38.1 Å². The molecule has 0 amide bonds. The van der Waals surface area contributed by atoms with Crippen molar-refractivity contribution in [3.05, 3.63) is 35.9 Å². The normalized spacial score (nSPS) is 24.2. The summed E-state index contributed by atoms with van der Waals surface area (Å²) in [4.78, 5) is 2.69. The van der Waals surface area contributed by atoms with Crippen LogP contribution in [0.1, 0.15) is 43.7 Å².